The maximum Gasteiger partial charge on any atom is 0.223 e. The van der Waals surface area contributed by atoms with Gasteiger partial charge in [-0.3, -0.25) is 0 Å². The Morgan fingerprint density at radius 3 is 2.78 bits per heavy atom. The van der Waals surface area contributed by atoms with Gasteiger partial charge in [0.2, 0.25) is 5.89 Å². The summed E-state index contributed by atoms with van der Waals surface area (Å²) in [5.74, 6) is 1.23. The summed E-state index contributed by atoms with van der Waals surface area (Å²) in [5.41, 5.74) is 0. The summed E-state index contributed by atoms with van der Waals surface area (Å²) < 4.78 is 4.70. The van der Waals surface area contributed by atoms with Crippen LogP contribution >= 0.6 is 0 Å². The van der Waals surface area contributed by atoms with E-state index in [0.717, 1.165) is 0 Å². The zero-order valence-electron chi connectivity index (χ0n) is 5.46. The zero-order valence-corrected chi connectivity index (χ0v) is 5.46. The van der Waals surface area contributed by atoms with Gasteiger partial charge in [-0.15, -0.1) is 0 Å². The van der Waals surface area contributed by atoms with Crippen molar-refractivity contribution in [2.45, 2.75) is 13.8 Å². The summed E-state index contributed by atoms with van der Waals surface area (Å²) in [4.78, 5) is 3.94. The predicted molar refractivity (Wildman–Crippen MR) is 33.7 cm³/mol. The fourth-order valence-corrected chi connectivity index (χ4v) is 0.532. The Balaban J connectivity index is 2.85. The van der Waals surface area contributed by atoms with Crippen LogP contribution < -0.4 is 0 Å². The van der Waals surface area contributed by atoms with Crippen LogP contribution in [0.4, 0.5) is 0 Å². The van der Waals surface area contributed by atoms with Gasteiger partial charge in [-0.05, 0) is 13.0 Å². The summed E-state index contributed by atoms with van der Waals surface area (Å²) in [7, 11) is 0. The Hall–Kier alpha value is -1.12. The predicted octanol–water partition coefficient (Wildman–Crippen LogP) is 1.41. The molecule has 3 heteroatoms. The fraction of sp³-hybridized carbons (Fsp3) is 0.333. The zero-order chi connectivity index (χ0) is 6.69. The summed E-state index contributed by atoms with van der Waals surface area (Å²) in [6.07, 6.45) is 3.65. The normalized spacial score (nSPS) is 10.9. The molecule has 0 atom stereocenters. The van der Waals surface area contributed by atoms with Crippen LogP contribution in [0.1, 0.15) is 18.6 Å². The highest BCUT2D eigenvalue weighted by Crippen LogP contribution is 1.95. The third-order valence-corrected chi connectivity index (χ3v) is 0.859. The van der Waals surface area contributed by atoms with Crippen molar-refractivity contribution in [1.82, 2.24) is 10.1 Å². The third-order valence-electron chi connectivity index (χ3n) is 0.859. The molecule has 0 radical (unpaired) electrons. The van der Waals surface area contributed by atoms with Crippen molar-refractivity contribution in [2.75, 3.05) is 0 Å². The first-order valence-corrected chi connectivity index (χ1v) is 2.76. The Morgan fingerprint density at radius 2 is 2.33 bits per heavy atom. The number of hydrogen-bond acceptors (Lipinski definition) is 3. The Bertz CT molecular complexity index is 215. The molecule has 9 heavy (non-hydrogen) atoms. The van der Waals surface area contributed by atoms with Gasteiger partial charge in [0.15, 0.2) is 5.82 Å². The number of aromatic nitrogens is 2. The number of allylic oxidation sites excluding steroid dienone is 1. The molecule has 1 aromatic rings. The van der Waals surface area contributed by atoms with Gasteiger partial charge in [0, 0.05) is 6.92 Å². The Morgan fingerprint density at radius 1 is 1.56 bits per heavy atom. The molecule has 0 fully saturated rings. The second kappa shape index (κ2) is 2.44. The van der Waals surface area contributed by atoms with Crippen LogP contribution in [0.25, 0.3) is 6.08 Å². The topological polar surface area (TPSA) is 38.9 Å². The van der Waals surface area contributed by atoms with Gasteiger partial charge < -0.3 is 4.52 Å². The van der Waals surface area contributed by atoms with Crippen LogP contribution in [0.15, 0.2) is 10.6 Å². The van der Waals surface area contributed by atoms with E-state index >= 15 is 0 Å². The standard InChI is InChI=1S/C6H8N2O/c1-3-4-6-7-5(2)9-8-6/h3-4H,1-2H3/b4-3+. The largest absolute Gasteiger partial charge is 0.339 e. The molecule has 0 saturated carbocycles. The van der Waals surface area contributed by atoms with Gasteiger partial charge in [-0.25, -0.2) is 0 Å². The molecule has 1 heterocycles. The Labute approximate surface area is 53.4 Å². The molecule has 1 rings (SSSR count). The van der Waals surface area contributed by atoms with Gasteiger partial charge in [0.05, 0.1) is 0 Å². The summed E-state index contributed by atoms with van der Waals surface area (Å²) in [6.45, 7) is 3.67. The molecule has 48 valence electrons. The van der Waals surface area contributed by atoms with E-state index in [0.29, 0.717) is 11.7 Å². The number of aryl methyl sites for hydroxylation is 1. The highest BCUT2D eigenvalue weighted by Gasteiger charge is 1.93. The lowest BCUT2D eigenvalue weighted by molar-refractivity contribution is 0.391. The second-order valence-corrected chi connectivity index (χ2v) is 1.67. The average molecular weight is 124 g/mol. The summed E-state index contributed by atoms with van der Waals surface area (Å²) in [5, 5.41) is 3.63. The van der Waals surface area contributed by atoms with Crippen LogP contribution in [0, 0.1) is 6.92 Å². The lowest BCUT2D eigenvalue weighted by Crippen LogP contribution is -1.72. The van der Waals surface area contributed by atoms with E-state index in [1.54, 1.807) is 13.0 Å². The van der Waals surface area contributed by atoms with Gasteiger partial charge in [0.1, 0.15) is 0 Å². The smallest absolute Gasteiger partial charge is 0.223 e. The SMILES string of the molecule is C/C=C/c1noc(C)n1. The number of rotatable bonds is 1. The average Bonchev–Trinajstić information content (AvgIpc) is 2.17. The summed E-state index contributed by atoms with van der Waals surface area (Å²) in [6, 6.07) is 0. The lowest BCUT2D eigenvalue weighted by atomic mass is 10.5. The van der Waals surface area contributed by atoms with Crippen molar-refractivity contribution in [3.8, 4) is 0 Å². The van der Waals surface area contributed by atoms with Crippen LogP contribution in [0.2, 0.25) is 0 Å². The molecule has 0 bridgehead atoms. The van der Waals surface area contributed by atoms with E-state index in [1.165, 1.54) is 0 Å². The quantitative estimate of drug-likeness (QED) is 0.568. The van der Waals surface area contributed by atoms with Crippen molar-refractivity contribution < 1.29 is 4.52 Å². The maximum atomic E-state index is 4.70. The minimum absolute atomic E-state index is 0.600. The third kappa shape index (κ3) is 1.38. The first-order chi connectivity index (χ1) is 4.33. The lowest BCUT2D eigenvalue weighted by Gasteiger charge is -1.70. The van der Waals surface area contributed by atoms with E-state index in [9.17, 15) is 0 Å². The van der Waals surface area contributed by atoms with Gasteiger partial charge in [-0.1, -0.05) is 11.2 Å². The molecule has 3 nitrogen and oxygen atoms in total. The van der Waals surface area contributed by atoms with Crippen LogP contribution in [0.5, 0.6) is 0 Å². The monoisotopic (exact) mass is 124 g/mol. The van der Waals surface area contributed by atoms with Gasteiger partial charge >= 0.3 is 0 Å². The van der Waals surface area contributed by atoms with Crippen molar-refractivity contribution >= 4 is 6.08 Å². The molecule has 0 aromatic carbocycles. The number of hydrogen-bond donors (Lipinski definition) is 0. The van der Waals surface area contributed by atoms with Crippen LogP contribution in [-0.4, -0.2) is 10.1 Å². The minimum atomic E-state index is 0.600. The Kier molecular flexibility index (Phi) is 1.63. The first kappa shape index (κ1) is 6.01. The van der Waals surface area contributed by atoms with Crippen LogP contribution in [0.3, 0.4) is 0 Å². The molecule has 0 saturated heterocycles. The van der Waals surface area contributed by atoms with Gasteiger partial charge in [-0.2, -0.15) is 4.98 Å². The molecule has 0 N–H and O–H groups in total. The maximum absolute atomic E-state index is 4.70. The molecule has 0 aliphatic carbocycles. The molecule has 0 aliphatic heterocycles. The minimum Gasteiger partial charge on any atom is -0.339 e. The van der Waals surface area contributed by atoms with E-state index in [4.69, 9.17) is 4.52 Å². The van der Waals surface area contributed by atoms with Crippen molar-refractivity contribution in [2.24, 2.45) is 0 Å². The van der Waals surface area contributed by atoms with E-state index < -0.39 is 0 Å². The van der Waals surface area contributed by atoms with Crippen molar-refractivity contribution in [1.29, 1.82) is 0 Å². The second-order valence-electron chi connectivity index (χ2n) is 1.67. The fourth-order valence-electron chi connectivity index (χ4n) is 0.532. The van der Waals surface area contributed by atoms with E-state index in [-0.39, 0.29) is 0 Å². The highest BCUT2D eigenvalue weighted by molar-refractivity contribution is 5.37. The molecular formula is C6H8N2O. The van der Waals surface area contributed by atoms with Crippen molar-refractivity contribution in [3.63, 3.8) is 0 Å². The summed E-state index contributed by atoms with van der Waals surface area (Å²) >= 11 is 0. The molecule has 1 aromatic heterocycles. The highest BCUT2D eigenvalue weighted by atomic mass is 16.5. The molecule has 0 spiro atoms. The van der Waals surface area contributed by atoms with Gasteiger partial charge in [0.25, 0.3) is 0 Å². The number of nitrogens with zero attached hydrogens (tertiary/aromatic N) is 2. The van der Waals surface area contributed by atoms with E-state index in [1.807, 2.05) is 13.0 Å². The molecule has 0 aliphatic rings. The molecule has 0 amide bonds. The first-order valence-electron chi connectivity index (χ1n) is 2.76. The molecular weight excluding hydrogens is 116 g/mol. The molecule has 0 unspecified atom stereocenters. The van der Waals surface area contributed by atoms with Crippen LogP contribution in [-0.2, 0) is 0 Å². The van der Waals surface area contributed by atoms with E-state index in [2.05, 4.69) is 10.1 Å². The van der Waals surface area contributed by atoms with Crippen molar-refractivity contribution in [3.05, 3.63) is 17.8 Å².